The van der Waals surface area contributed by atoms with Gasteiger partial charge in [0.2, 0.25) is 15.9 Å². The van der Waals surface area contributed by atoms with Gasteiger partial charge in [-0.05, 0) is 43.7 Å². The Morgan fingerprint density at radius 2 is 1.73 bits per heavy atom. The van der Waals surface area contributed by atoms with Crippen LogP contribution in [-0.2, 0) is 21.0 Å². The first-order chi connectivity index (χ1) is 15.4. The van der Waals surface area contributed by atoms with Crippen molar-refractivity contribution in [3.05, 3.63) is 72.3 Å². The zero-order chi connectivity index (χ0) is 24.4. The highest BCUT2D eigenvalue weighted by molar-refractivity contribution is 7.89. The number of alkyl halides is 3. The highest BCUT2D eigenvalue weighted by atomic mass is 32.2. The molecule has 3 rings (SSSR count). The van der Waals surface area contributed by atoms with E-state index in [4.69, 9.17) is 0 Å². The second-order valence-electron chi connectivity index (χ2n) is 7.39. The molecule has 1 heterocycles. The number of rotatable bonds is 7. The van der Waals surface area contributed by atoms with Crippen molar-refractivity contribution in [1.29, 1.82) is 0 Å². The van der Waals surface area contributed by atoms with Gasteiger partial charge in [0.15, 0.2) is 0 Å². The van der Waals surface area contributed by atoms with E-state index in [1.807, 2.05) is 0 Å². The van der Waals surface area contributed by atoms with E-state index in [2.05, 4.69) is 14.8 Å². The number of aromatic nitrogens is 3. The van der Waals surface area contributed by atoms with Crippen LogP contribution < -0.4 is 4.72 Å². The Bertz CT molecular complexity index is 1210. The lowest BCUT2D eigenvalue weighted by atomic mass is 10.1. The SMILES string of the molecule is CC(NS(=O)(=O)c1ccccc1C(F)(F)F)C(=O)N(C)C(C)c1ccc(-n2cncn2)cc1. The number of nitrogens with zero attached hydrogens (tertiary/aromatic N) is 4. The fourth-order valence-corrected chi connectivity index (χ4v) is 4.67. The molecular weight excluding hydrogens is 459 g/mol. The fourth-order valence-electron chi connectivity index (χ4n) is 3.25. The maximum absolute atomic E-state index is 13.2. The summed E-state index contributed by atoms with van der Waals surface area (Å²) in [7, 11) is -3.11. The lowest BCUT2D eigenvalue weighted by molar-refractivity contribution is -0.139. The zero-order valence-electron chi connectivity index (χ0n) is 18.0. The summed E-state index contributed by atoms with van der Waals surface area (Å²) in [5.74, 6) is -0.601. The van der Waals surface area contributed by atoms with Crippen molar-refractivity contribution in [1.82, 2.24) is 24.4 Å². The Morgan fingerprint density at radius 1 is 1.09 bits per heavy atom. The van der Waals surface area contributed by atoms with Gasteiger partial charge >= 0.3 is 6.18 Å². The summed E-state index contributed by atoms with van der Waals surface area (Å²) in [6.07, 6.45) is -1.92. The van der Waals surface area contributed by atoms with Crippen molar-refractivity contribution in [3.8, 4) is 5.69 Å². The van der Waals surface area contributed by atoms with Gasteiger partial charge in [-0.15, -0.1) is 0 Å². The number of nitrogens with one attached hydrogen (secondary N) is 1. The van der Waals surface area contributed by atoms with Crippen LogP contribution in [0.15, 0.2) is 66.1 Å². The summed E-state index contributed by atoms with van der Waals surface area (Å²) in [6, 6.07) is 9.25. The molecule has 0 spiro atoms. The topological polar surface area (TPSA) is 97.2 Å². The minimum atomic E-state index is -4.86. The third-order valence-electron chi connectivity index (χ3n) is 5.17. The van der Waals surface area contributed by atoms with Crippen LogP contribution in [0.1, 0.15) is 31.0 Å². The largest absolute Gasteiger partial charge is 0.417 e. The maximum Gasteiger partial charge on any atom is 0.417 e. The summed E-state index contributed by atoms with van der Waals surface area (Å²) in [6.45, 7) is 3.04. The van der Waals surface area contributed by atoms with Crippen molar-refractivity contribution < 1.29 is 26.4 Å². The van der Waals surface area contributed by atoms with Gasteiger partial charge in [-0.3, -0.25) is 4.79 Å². The van der Waals surface area contributed by atoms with Crippen molar-refractivity contribution in [2.24, 2.45) is 0 Å². The molecule has 0 aliphatic carbocycles. The smallest absolute Gasteiger partial charge is 0.338 e. The van der Waals surface area contributed by atoms with Gasteiger partial charge in [-0.25, -0.2) is 18.1 Å². The van der Waals surface area contributed by atoms with Gasteiger partial charge in [-0.1, -0.05) is 24.3 Å². The summed E-state index contributed by atoms with van der Waals surface area (Å²) >= 11 is 0. The van der Waals surface area contributed by atoms with Gasteiger partial charge in [-0.2, -0.15) is 23.0 Å². The van der Waals surface area contributed by atoms with Crippen LogP contribution in [0.5, 0.6) is 0 Å². The molecule has 0 radical (unpaired) electrons. The first-order valence-electron chi connectivity index (χ1n) is 9.82. The quantitative estimate of drug-likeness (QED) is 0.559. The Morgan fingerprint density at radius 3 is 2.30 bits per heavy atom. The summed E-state index contributed by atoms with van der Waals surface area (Å²) in [4.78, 5) is 17.1. The van der Waals surface area contributed by atoms with Crippen LogP contribution in [0.25, 0.3) is 5.69 Å². The van der Waals surface area contributed by atoms with Crippen LogP contribution in [0.4, 0.5) is 13.2 Å². The van der Waals surface area contributed by atoms with Crippen molar-refractivity contribution in [2.75, 3.05) is 7.05 Å². The number of carbonyl (C=O) groups excluding carboxylic acids is 1. The predicted molar refractivity (Wildman–Crippen MR) is 114 cm³/mol. The van der Waals surface area contributed by atoms with E-state index in [9.17, 15) is 26.4 Å². The highest BCUT2D eigenvalue weighted by Gasteiger charge is 2.38. The van der Waals surface area contributed by atoms with E-state index in [0.29, 0.717) is 6.07 Å². The van der Waals surface area contributed by atoms with Crippen LogP contribution in [-0.4, -0.2) is 47.1 Å². The standard InChI is InChI=1S/C21H22F3N5O3S/c1-14(27-33(31,32)19-7-5-4-6-18(19)21(22,23)24)20(30)28(3)15(2)16-8-10-17(11-9-16)29-13-25-12-26-29/h4-15,27H,1-3H3. The normalized spacial score (nSPS) is 14.0. The summed E-state index contributed by atoms with van der Waals surface area (Å²) < 4.78 is 68.6. The van der Waals surface area contributed by atoms with Crippen LogP contribution in [0.3, 0.4) is 0 Å². The molecule has 1 amide bonds. The Balaban J connectivity index is 1.74. The third kappa shape index (κ3) is 5.40. The molecule has 2 unspecified atom stereocenters. The van der Waals surface area contributed by atoms with E-state index in [-0.39, 0.29) is 0 Å². The molecule has 0 aliphatic rings. The maximum atomic E-state index is 13.2. The van der Waals surface area contributed by atoms with Crippen molar-refractivity contribution in [3.63, 3.8) is 0 Å². The molecular formula is C21H22F3N5O3S. The van der Waals surface area contributed by atoms with Gasteiger partial charge in [0.25, 0.3) is 0 Å². The first kappa shape index (κ1) is 24.4. The average Bonchev–Trinajstić information content (AvgIpc) is 3.32. The van der Waals surface area contributed by atoms with E-state index < -0.39 is 44.6 Å². The second-order valence-corrected chi connectivity index (χ2v) is 9.08. The molecule has 8 nitrogen and oxygen atoms in total. The molecule has 0 bridgehead atoms. The second kappa shape index (κ2) is 9.32. The number of benzene rings is 2. The van der Waals surface area contributed by atoms with Gasteiger partial charge in [0, 0.05) is 7.05 Å². The zero-order valence-corrected chi connectivity index (χ0v) is 18.8. The predicted octanol–water partition coefficient (Wildman–Crippen LogP) is 3.17. The number of sulfonamides is 1. The first-order valence-corrected chi connectivity index (χ1v) is 11.3. The highest BCUT2D eigenvalue weighted by Crippen LogP contribution is 2.34. The minimum absolute atomic E-state index is 0.434. The molecule has 176 valence electrons. The van der Waals surface area contributed by atoms with Crippen molar-refractivity contribution >= 4 is 15.9 Å². The molecule has 1 N–H and O–H groups in total. The van der Waals surface area contributed by atoms with Gasteiger partial charge in [0.05, 0.1) is 28.2 Å². The monoisotopic (exact) mass is 481 g/mol. The molecule has 0 aliphatic heterocycles. The Labute approximate surface area is 189 Å². The van der Waals surface area contributed by atoms with Crippen LogP contribution >= 0.6 is 0 Å². The average molecular weight is 482 g/mol. The van der Waals surface area contributed by atoms with E-state index in [1.54, 1.807) is 42.2 Å². The number of hydrogen-bond acceptors (Lipinski definition) is 5. The molecule has 33 heavy (non-hydrogen) atoms. The lowest BCUT2D eigenvalue weighted by Crippen LogP contribution is -2.46. The van der Waals surface area contributed by atoms with Gasteiger partial charge in [0.1, 0.15) is 12.7 Å². The number of likely N-dealkylation sites (N-methyl/N-ethyl adjacent to an activating group) is 1. The molecule has 0 saturated heterocycles. The fraction of sp³-hybridized carbons (Fsp3) is 0.286. The number of halogens is 3. The van der Waals surface area contributed by atoms with Crippen LogP contribution in [0.2, 0.25) is 0 Å². The summed E-state index contributed by atoms with van der Waals surface area (Å²) in [5.41, 5.74) is 0.237. The molecule has 3 aromatic rings. The minimum Gasteiger partial charge on any atom is -0.338 e. The molecule has 2 atom stereocenters. The number of carbonyl (C=O) groups is 1. The number of amides is 1. The van der Waals surface area contributed by atoms with Crippen molar-refractivity contribution in [2.45, 2.75) is 37.0 Å². The molecule has 0 saturated carbocycles. The van der Waals surface area contributed by atoms with E-state index in [1.165, 1.54) is 31.3 Å². The molecule has 0 fully saturated rings. The Kier molecular flexibility index (Phi) is 6.89. The number of hydrogen-bond donors (Lipinski definition) is 1. The molecule has 12 heteroatoms. The molecule has 1 aromatic heterocycles. The third-order valence-corrected chi connectivity index (χ3v) is 6.77. The Hall–Kier alpha value is -3.25. The van der Waals surface area contributed by atoms with Crippen LogP contribution in [0, 0.1) is 0 Å². The lowest BCUT2D eigenvalue weighted by Gasteiger charge is -2.28. The van der Waals surface area contributed by atoms with Gasteiger partial charge < -0.3 is 4.90 Å². The van der Waals surface area contributed by atoms with E-state index in [0.717, 1.165) is 23.4 Å². The van der Waals surface area contributed by atoms with E-state index >= 15 is 0 Å². The molecule has 2 aromatic carbocycles. The summed E-state index contributed by atoms with van der Waals surface area (Å²) in [5, 5.41) is 4.03.